The average molecular weight is 237 g/mol. The Balaban J connectivity index is 2.20. The molecule has 0 aliphatic carbocycles. The van der Waals surface area contributed by atoms with E-state index in [1.54, 1.807) is 20.0 Å². The van der Waals surface area contributed by atoms with Crippen LogP contribution < -0.4 is 9.47 Å². The largest absolute Gasteiger partial charge is 0.482 e. The van der Waals surface area contributed by atoms with E-state index in [1.165, 1.54) is 7.11 Å². The van der Waals surface area contributed by atoms with Gasteiger partial charge >= 0.3 is 0 Å². The van der Waals surface area contributed by atoms with E-state index in [2.05, 4.69) is 0 Å². The highest BCUT2D eigenvalue weighted by Crippen LogP contribution is 2.33. The van der Waals surface area contributed by atoms with Gasteiger partial charge in [-0.1, -0.05) is 12.1 Å². The van der Waals surface area contributed by atoms with Gasteiger partial charge in [-0.25, -0.2) is 5.06 Å². The van der Waals surface area contributed by atoms with Gasteiger partial charge in [0.05, 0.1) is 7.11 Å². The molecule has 0 radical (unpaired) electrons. The van der Waals surface area contributed by atoms with Crippen molar-refractivity contribution in [2.45, 2.75) is 19.1 Å². The normalized spacial score (nSPS) is 22.1. The van der Waals surface area contributed by atoms with Crippen molar-refractivity contribution < 1.29 is 19.1 Å². The number of carbonyl (C=O) groups excluding carboxylic acids is 1. The summed E-state index contributed by atoms with van der Waals surface area (Å²) in [4.78, 5) is 16.8. The number of hydrogen-bond acceptors (Lipinski definition) is 4. The lowest BCUT2D eigenvalue weighted by Gasteiger charge is -2.32. The molecular formula is C12H15NO4. The fourth-order valence-electron chi connectivity index (χ4n) is 1.66. The van der Waals surface area contributed by atoms with Crippen molar-refractivity contribution in [2.75, 3.05) is 14.2 Å². The molecule has 2 rings (SSSR count). The summed E-state index contributed by atoms with van der Waals surface area (Å²) in [5, 5.41) is 1.14. The van der Waals surface area contributed by atoms with Crippen LogP contribution in [0.5, 0.6) is 11.5 Å². The summed E-state index contributed by atoms with van der Waals surface area (Å²) in [5.41, 5.74) is 0. The van der Waals surface area contributed by atoms with Gasteiger partial charge in [0.25, 0.3) is 5.91 Å². The third-order valence-corrected chi connectivity index (χ3v) is 2.67. The SMILES string of the molecule is CON(C)C(=O)[C@@H]1Oc2ccccc2O[C@H]1C. The van der Waals surface area contributed by atoms with Gasteiger partial charge in [-0.05, 0) is 19.1 Å². The van der Waals surface area contributed by atoms with Gasteiger partial charge in [-0.2, -0.15) is 0 Å². The van der Waals surface area contributed by atoms with Crippen LogP contribution in [-0.4, -0.2) is 37.3 Å². The molecule has 1 amide bonds. The highest BCUT2D eigenvalue weighted by molar-refractivity contribution is 5.81. The Kier molecular flexibility index (Phi) is 3.19. The second kappa shape index (κ2) is 4.63. The summed E-state index contributed by atoms with van der Waals surface area (Å²) in [7, 11) is 2.97. The van der Waals surface area contributed by atoms with E-state index in [0.717, 1.165) is 5.06 Å². The third kappa shape index (κ3) is 2.19. The summed E-state index contributed by atoms with van der Waals surface area (Å²) in [6.07, 6.45) is -1.04. The number of likely N-dealkylation sites (N-methyl/N-ethyl adjacent to an activating group) is 1. The van der Waals surface area contributed by atoms with Crippen LogP contribution in [0.2, 0.25) is 0 Å². The number of benzene rings is 1. The van der Waals surface area contributed by atoms with Crippen LogP contribution >= 0.6 is 0 Å². The summed E-state index contributed by atoms with van der Waals surface area (Å²) >= 11 is 0. The van der Waals surface area contributed by atoms with E-state index < -0.39 is 6.10 Å². The third-order valence-electron chi connectivity index (χ3n) is 2.67. The molecule has 1 aromatic rings. The van der Waals surface area contributed by atoms with E-state index in [9.17, 15) is 4.79 Å². The van der Waals surface area contributed by atoms with Crippen molar-refractivity contribution in [1.82, 2.24) is 5.06 Å². The van der Waals surface area contributed by atoms with Gasteiger partial charge in [0.15, 0.2) is 11.5 Å². The van der Waals surface area contributed by atoms with Crippen LogP contribution in [0, 0.1) is 0 Å². The van der Waals surface area contributed by atoms with E-state index in [-0.39, 0.29) is 12.0 Å². The number of nitrogens with zero attached hydrogens (tertiary/aromatic N) is 1. The minimum absolute atomic E-state index is 0.269. The first-order valence-electron chi connectivity index (χ1n) is 5.37. The van der Waals surface area contributed by atoms with E-state index in [4.69, 9.17) is 14.3 Å². The number of hydroxylamine groups is 2. The fraction of sp³-hybridized carbons (Fsp3) is 0.417. The van der Waals surface area contributed by atoms with Gasteiger partial charge in [0, 0.05) is 7.05 Å². The summed E-state index contributed by atoms with van der Waals surface area (Å²) < 4.78 is 11.3. The Morgan fingerprint density at radius 1 is 1.29 bits per heavy atom. The smallest absolute Gasteiger partial charge is 0.290 e. The molecule has 0 unspecified atom stereocenters. The maximum Gasteiger partial charge on any atom is 0.290 e. The van der Waals surface area contributed by atoms with Gasteiger partial charge in [0.1, 0.15) is 6.10 Å². The van der Waals surface area contributed by atoms with Crippen molar-refractivity contribution in [3.8, 4) is 11.5 Å². The molecule has 5 nitrogen and oxygen atoms in total. The van der Waals surface area contributed by atoms with Gasteiger partial charge in [0.2, 0.25) is 6.10 Å². The highest BCUT2D eigenvalue weighted by atomic mass is 16.7. The Morgan fingerprint density at radius 2 is 1.88 bits per heavy atom. The molecule has 17 heavy (non-hydrogen) atoms. The molecule has 0 spiro atoms. The van der Waals surface area contributed by atoms with Crippen molar-refractivity contribution in [3.63, 3.8) is 0 Å². The quantitative estimate of drug-likeness (QED) is 0.726. The van der Waals surface area contributed by atoms with Crippen molar-refractivity contribution >= 4 is 5.91 Å². The summed E-state index contributed by atoms with van der Waals surface area (Å²) in [5.74, 6) is 0.965. The maximum atomic E-state index is 11.9. The predicted molar refractivity (Wildman–Crippen MR) is 60.7 cm³/mol. The van der Waals surface area contributed by atoms with Crippen LogP contribution in [0.3, 0.4) is 0 Å². The lowest BCUT2D eigenvalue weighted by molar-refractivity contribution is -0.181. The number of hydrogen-bond donors (Lipinski definition) is 0. The summed E-state index contributed by atoms with van der Waals surface area (Å²) in [6.45, 7) is 1.79. The Morgan fingerprint density at radius 3 is 2.47 bits per heavy atom. The zero-order valence-electron chi connectivity index (χ0n) is 10.0. The monoisotopic (exact) mass is 237 g/mol. The standard InChI is InChI=1S/C12H15NO4/c1-8-11(12(14)13(2)15-3)17-10-7-5-4-6-9(10)16-8/h4-8,11H,1-3H3/t8-,11+/m0/s1. The van der Waals surface area contributed by atoms with Crippen molar-refractivity contribution in [2.24, 2.45) is 0 Å². The molecule has 0 fully saturated rings. The van der Waals surface area contributed by atoms with Crippen LogP contribution in [0.1, 0.15) is 6.92 Å². The molecule has 1 aromatic carbocycles. The van der Waals surface area contributed by atoms with Crippen LogP contribution in [0.25, 0.3) is 0 Å². The molecule has 2 atom stereocenters. The zero-order chi connectivity index (χ0) is 12.4. The number of fused-ring (bicyclic) bond motifs is 1. The van der Waals surface area contributed by atoms with Crippen LogP contribution in [-0.2, 0) is 9.63 Å². The molecule has 1 aliphatic rings. The zero-order valence-corrected chi connectivity index (χ0v) is 10.0. The second-order valence-corrected chi connectivity index (χ2v) is 3.83. The van der Waals surface area contributed by atoms with Gasteiger partial charge < -0.3 is 9.47 Å². The highest BCUT2D eigenvalue weighted by Gasteiger charge is 2.36. The molecular weight excluding hydrogens is 222 g/mol. The topological polar surface area (TPSA) is 48.0 Å². The Hall–Kier alpha value is -1.75. The molecule has 0 bridgehead atoms. The molecule has 5 heteroatoms. The number of ether oxygens (including phenoxy) is 2. The van der Waals surface area contributed by atoms with Crippen molar-refractivity contribution in [1.29, 1.82) is 0 Å². The molecule has 0 saturated heterocycles. The Labute approximate surface area is 99.8 Å². The van der Waals surface area contributed by atoms with Crippen LogP contribution in [0.4, 0.5) is 0 Å². The summed E-state index contributed by atoms with van der Waals surface area (Å²) in [6, 6.07) is 7.28. The first-order valence-corrected chi connectivity index (χ1v) is 5.37. The predicted octanol–water partition coefficient (Wildman–Crippen LogP) is 1.23. The first-order chi connectivity index (χ1) is 8.13. The number of rotatable bonds is 2. The molecule has 0 aromatic heterocycles. The van der Waals surface area contributed by atoms with Gasteiger partial charge in [-0.3, -0.25) is 9.63 Å². The Bertz CT molecular complexity index is 421. The van der Waals surface area contributed by atoms with E-state index in [1.807, 2.05) is 18.2 Å². The van der Waals surface area contributed by atoms with E-state index in [0.29, 0.717) is 11.5 Å². The van der Waals surface area contributed by atoms with Crippen molar-refractivity contribution in [3.05, 3.63) is 24.3 Å². The number of para-hydroxylation sites is 2. The average Bonchev–Trinajstić information content (AvgIpc) is 2.36. The van der Waals surface area contributed by atoms with Crippen LogP contribution in [0.15, 0.2) is 24.3 Å². The minimum atomic E-state index is -0.685. The molecule has 1 aliphatic heterocycles. The minimum Gasteiger partial charge on any atom is -0.482 e. The maximum absolute atomic E-state index is 11.9. The first kappa shape index (κ1) is 11.7. The lowest BCUT2D eigenvalue weighted by atomic mass is 10.1. The molecule has 1 heterocycles. The second-order valence-electron chi connectivity index (χ2n) is 3.83. The molecule has 0 N–H and O–H groups in total. The number of carbonyl (C=O) groups is 1. The molecule has 92 valence electrons. The van der Waals surface area contributed by atoms with Gasteiger partial charge in [-0.15, -0.1) is 0 Å². The fourth-order valence-corrected chi connectivity index (χ4v) is 1.66. The van der Waals surface area contributed by atoms with E-state index >= 15 is 0 Å². The molecule has 0 saturated carbocycles. The number of amides is 1. The lowest BCUT2D eigenvalue weighted by Crippen LogP contribution is -2.49.